The van der Waals surface area contributed by atoms with E-state index in [0.29, 0.717) is 22.9 Å². The predicted molar refractivity (Wildman–Crippen MR) is 64.2 cm³/mol. The lowest BCUT2D eigenvalue weighted by molar-refractivity contribution is 0.254. The third kappa shape index (κ3) is 2.93. The molecule has 0 atom stereocenters. The standard InChI is InChI=1S/C11H16N2O4/c1-12-11(14)13-7-5-8(15-2)10(17-4)9(6-7)16-3/h5-6H,1-4H3,(H2,12,13,14). The first-order valence-corrected chi connectivity index (χ1v) is 4.95. The van der Waals surface area contributed by atoms with Crippen LogP contribution in [0.15, 0.2) is 12.1 Å². The van der Waals surface area contributed by atoms with E-state index < -0.39 is 0 Å². The summed E-state index contributed by atoms with van der Waals surface area (Å²) in [6, 6.07) is 2.98. The lowest BCUT2D eigenvalue weighted by atomic mass is 10.2. The molecule has 0 aromatic heterocycles. The van der Waals surface area contributed by atoms with Crippen molar-refractivity contribution in [2.45, 2.75) is 0 Å². The van der Waals surface area contributed by atoms with Crippen LogP contribution in [0.25, 0.3) is 0 Å². The van der Waals surface area contributed by atoms with E-state index in [4.69, 9.17) is 14.2 Å². The third-order valence-corrected chi connectivity index (χ3v) is 2.15. The molecule has 2 N–H and O–H groups in total. The average molecular weight is 240 g/mol. The van der Waals surface area contributed by atoms with Gasteiger partial charge in [-0.2, -0.15) is 0 Å². The van der Waals surface area contributed by atoms with Crippen molar-refractivity contribution in [1.82, 2.24) is 5.32 Å². The fourth-order valence-corrected chi connectivity index (χ4v) is 1.35. The maximum Gasteiger partial charge on any atom is 0.318 e. The van der Waals surface area contributed by atoms with Gasteiger partial charge in [0.15, 0.2) is 11.5 Å². The number of nitrogens with one attached hydrogen (secondary N) is 2. The van der Waals surface area contributed by atoms with E-state index in [-0.39, 0.29) is 6.03 Å². The average Bonchev–Trinajstić information content (AvgIpc) is 2.37. The summed E-state index contributed by atoms with van der Waals surface area (Å²) in [5.74, 6) is 1.45. The van der Waals surface area contributed by atoms with E-state index in [1.54, 1.807) is 12.1 Å². The Morgan fingerprint density at radius 3 is 1.94 bits per heavy atom. The van der Waals surface area contributed by atoms with Crippen molar-refractivity contribution in [2.75, 3.05) is 33.7 Å². The van der Waals surface area contributed by atoms with Crippen molar-refractivity contribution in [3.63, 3.8) is 0 Å². The zero-order valence-electron chi connectivity index (χ0n) is 10.3. The molecule has 0 heterocycles. The highest BCUT2D eigenvalue weighted by atomic mass is 16.5. The van der Waals surface area contributed by atoms with Gasteiger partial charge in [0.25, 0.3) is 0 Å². The molecule has 1 aromatic carbocycles. The van der Waals surface area contributed by atoms with Crippen molar-refractivity contribution in [3.8, 4) is 17.2 Å². The van der Waals surface area contributed by atoms with Crippen LogP contribution in [-0.4, -0.2) is 34.4 Å². The molecule has 0 saturated heterocycles. The molecule has 6 heteroatoms. The Morgan fingerprint density at radius 1 is 1.06 bits per heavy atom. The van der Waals surface area contributed by atoms with E-state index in [1.165, 1.54) is 28.4 Å². The highest BCUT2D eigenvalue weighted by Gasteiger charge is 2.13. The maximum absolute atomic E-state index is 11.2. The Balaban J connectivity index is 3.13. The summed E-state index contributed by atoms with van der Waals surface area (Å²) in [6.45, 7) is 0. The molecule has 0 saturated carbocycles. The number of carbonyl (C=O) groups is 1. The van der Waals surface area contributed by atoms with Gasteiger partial charge < -0.3 is 24.8 Å². The molecule has 0 bridgehead atoms. The molecule has 1 rings (SSSR count). The quantitative estimate of drug-likeness (QED) is 0.836. The molecule has 0 aliphatic heterocycles. The first kappa shape index (κ1) is 13.0. The van der Waals surface area contributed by atoms with E-state index in [0.717, 1.165) is 0 Å². The zero-order chi connectivity index (χ0) is 12.8. The van der Waals surface area contributed by atoms with Crippen LogP contribution in [0.2, 0.25) is 0 Å². The van der Waals surface area contributed by atoms with Crippen molar-refractivity contribution < 1.29 is 19.0 Å². The van der Waals surface area contributed by atoms with Gasteiger partial charge >= 0.3 is 6.03 Å². The lowest BCUT2D eigenvalue weighted by Crippen LogP contribution is -2.24. The molecule has 0 unspecified atom stereocenters. The Morgan fingerprint density at radius 2 is 1.59 bits per heavy atom. The summed E-state index contributed by atoms with van der Waals surface area (Å²) in [4.78, 5) is 11.2. The fourth-order valence-electron chi connectivity index (χ4n) is 1.35. The minimum Gasteiger partial charge on any atom is -0.493 e. The predicted octanol–water partition coefficient (Wildman–Crippen LogP) is 1.46. The van der Waals surface area contributed by atoms with Gasteiger partial charge in [-0.3, -0.25) is 0 Å². The van der Waals surface area contributed by atoms with Gasteiger partial charge in [0.1, 0.15) is 0 Å². The number of carbonyl (C=O) groups excluding carboxylic acids is 1. The van der Waals surface area contributed by atoms with Gasteiger partial charge in [-0.15, -0.1) is 0 Å². The molecule has 1 aromatic rings. The molecule has 0 radical (unpaired) electrons. The molecular weight excluding hydrogens is 224 g/mol. The van der Waals surface area contributed by atoms with E-state index in [2.05, 4.69) is 10.6 Å². The van der Waals surface area contributed by atoms with Crippen LogP contribution in [0.4, 0.5) is 10.5 Å². The van der Waals surface area contributed by atoms with E-state index in [9.17, 15) is 4.79 Å². The molecule has 94 valence electrons. The van der Waals surface area contributed by atoms with Crippen molar-refractivity contribution in [1.29, 1.82) is 0 Å². The van der Waals surface area contributed by atoms with Gasteiger partial charge in [-0.1, -0.05) is 0 Å². The summed E-state index contributed by atoms with van der Waals surface area (Å²) < 4.78 is 15.5. The van der Waals surface area contributed by atoms with Crippen LogP contribution in [0, 0.1) is 0 Å². The molecular formula is C11H16N2O4. The van der Waals surface area contributed by atoms with Crippen molar-refractivity contribution in [3.05, 3.63) is 12.1 Å². The smallest absolute Gasteiger partial charge is 0.318 e. The summed E-state index contributed by atoms with van der Waals surface area (Å²) in [6.07, 6.45) is 0. The molecule has 0 aliphatic rings. The normalized spacial score (nSPS) is 9.41. The van der Waals surface area contributed by atoms with Gasteiger partial charge in [0.2, 0.25) is 5.75 Å². The number of methoxy groups -OCH3 is 3. The second-order valence-corrected chi connectivity index (χ2v) is 3.12. The largest absolute Gasteiger partial charge is 0.493 e. The van der Waals surface area contributed by atoms with Gasteiger partial charge in [0.05, 0.1) is 27.0 Å². The number of hydrogen-bond acceptors (Lipinski definition) is 4. The number of hydrogen-bond donors (Lipinski definition) is 2. The number of rotatable bonds is 4. The number of amides is 2. The molecule has 17 heavy (non-hydrogen) atoms. The fraction of sp³-hybridized carbons (Fsp3) is 0.364. The van der Waals surface area contributed by atoms with Crippen molar-refractivity contribution in [2.24, 2.45) is 0 Å². The molecule has 0 aliphatic carbocycles. The van der Waals surface area contributed by atoms with Gasteiger partial charge in [-0.05, 0) is 0 Å². The zero-order valence-corrected chi connectivity index (χ0v) is 10.3. The Hall–Kier alpha value is -2.11. The summed E-state index contributed by atoms with van der Waals surface area (Å²) in [7, 11) is 6.08. The molecule has 0 spiro atoms. The van der Waals surface area contributed by atoms with Crippen LogP contribution in [0.1, 0.15) is 0 Å². The van der Waals surface area contributed by atoms with Crippen LogP contribution in [0.3, 0.4) is 0 Å². The van der Waals surface area contributed by atoms with Crippen LogP contribution in [0.5, 0.6) is 17.2 Å². The van der Waals surface area contributed by atoms with Gasteiger partial charge in [0, 0.05) is 19.2 Å². The van der Waals surface area contributed by atoms with Crippen LogP contribution >= 0.6 is 0 Å². The number of urea groups is 1. The first-order valence-electron chi connectivity index (χ1n) is 4.95. The lowest BCUT2D eigenvalue weighted by Gasteiger charge is -2.14. The van der Waals surface area contributed by atoms with Gasteiger partial charge in [-0.25, -0.2) is 4.79 Å². The van der Waals surface area contributed by atoms with Crippen LogP contribution in [-0.2, 0) is 0 Å². The summed E-state index contributed by atoms with van der Waals surface area (Å²) in [5.41, 5.74) is 0.554. The topological polar surface area (TPSA) is 68.8 Å². The second kappa shape index (κ2) is 5.83. The Kier molecular flexibility index (Phi) is 4.45. The minimum atomic E-state index is -0.320. The first-order chi connectivity index (χ1) is 8.15. The van der Waals surface area contributed by atoms with E-state index in [1.807, 2.05) is 0 Å². The second-order valence-electron chi connectivity index (χ2n) is 3.12. The van der Waals surface area contributed by atoms with E-state index >= 15 is 0 Å². The highest BCUT2D eigenvalue weighted by molar-refractivity contribution is 5.89. The van der Waals surface area contributed by atoms with Crippen LogP contribution < -0.4 is 24.8 Å². The Bertz CT molecular complexity index is 381. The number of ether oxygens (including phenoxy) is 3. The number of anilines is 1. The highest BCUT2D eigenvalue weighted by Crippen LogP contribution is 2.39. The molecule has 0 fully saturated rings. The minimum absolute atomic E-state index is 0.320. The third-order valence-electron chi connectivity index (χ3n) is 2.15. The molecule has 6 nitrogen and oxygen atoms in total. The SMILES string of the molecule is CNC(=O)Nc1cc(OC)c(OC)c(OC)c1. The number of benzene rings is 1. The Labute approximate surface area is 99.9 Å². The monoisotopic (exact) mass is 240 g/mol. The molecule has 2 amide bonds. The summed E-state index contributed by atoms with van der Waals surface area (Å²) >= 11 is 0. The summed E-state index contributed by atoms with van der Waals surface area (Å²) in [5, 5.41) is 5.08. The van der Waals surface area contributed by atoms with Crippen molar-refractivity contribution >= 4 is 11.7 Å². The maximum atomic E-state index is 11.2.